The first kappa shape index (κ1) is 13.3. The van der Waals surface area contributed by atoms with Gasteiger partial charge in [-0.1, -0.05) is 11.6 Å². The van der Waals surface area contributed by atoms with Gasteiger partial charge < -0.3 is 15.2 Å². The minimum Gasteiger partial charge on any atom is -0.501 e. The Morgan fingerprint density at radius 1 is 1.65 bits per heavy atom. The Kier molecular flexibility index (Phi) is 4.78. The molecule has 0 aliphatic rings. The molecule has 17 heavy (non-hydrogen) atoms. The number of anilines is 1. The lowest BCUT2D eigenvalue weighted by Crippen LogP contribution is -2.09. The SMILES string of the molecule is CCO/C=C/c1cc(Cl)nc(C(=O)OC)c1N. The van der Waals surface area contributed by atoms with Gasteiger partial charge in [-0.05, 0) is 19.1 Å². The number of nitrogen functional groups attached to an aromatic ring is 1. The molecule has 5 nitrogen and oxygen atoms in total. The lowest BCUT2D eigenvalue weighted by molar-refractivity contribution is 0.0595. The molecule has 0 aliphatic carbocycles. The van der Waals surface area contributed by atoms with Crippen molar-refractivity contribution in [2.45, 2.75) is 6.92 Å². The number of nitrogens with zero attached hydrogens (tertiary/aromatic N) is 1. The molecule has 0 fully saturated rings. The number of carbonyl (C=O) groups is 1. The van der Waals surface area contributed by atoms with E-state index >= 15 is 0 Å². The van der Waals surface area contributed by atoms with E-state index in [1.807, 2.05) is 6.92 Å². The minimum atomic E-state index is -0.629. The molecular weight excluding hydrogens is 244 g/mol. The zero-order valence-corrected chi connectivity index (χ0v) is 10.3. The number of esters is 1. The van der Waals surface area contributed by atoms with Gasteiger partial charge in [-0.2, -0.15) is 0 Å². The Hall–Kier alpha value is -1.75. The molecule has 0 radical (unpaired) electrons. The number of rotatable bonds is 4. The van der Waals surface area contributed by atoms with Crippen LogP contribution in [0.4, 0.5) is 5.69 Å². The Bertz CT molecular complexity index is 447. The van der Waals surface area contributed by atoms with Crippen molar-refractivity contribution in [2.75, 3.05) is 19.5 Å². The molecule has 0 bridgehead atoms. The summed E-state index contributed by atoms with van der Waals surface area (Å²) in [6.07, 6.45) is 3.09. The van der Waals surface area contributed by atoms with Gasteiger partial charge in [-0.25, -0.2) is 9.78 Å². The van der Waals surface area contributed by atoms with Crippen LogP contribution in [-0.2, 0) is 9.47 Å². The number of nitrogens with two attached hydrogens (primary N) is 1. The highest BCUT2D eigenvalue weighted by molar-refractivity contribution is 6.29. The molecule has 0 aliphatic heterocycles. The summed E-state index contributed by atoms with van der Waals surface area (Å²) >= 11 is 5.79. The molecule has 1 rings (SSSR count). The lowest BCUT2D eigenvalue weighted by atomic mass is 10.2. The second-order valence-corrected chi connectivity index (χ2v) is 3.43. The second kappa shape index (κ2) is 6.10. The van der Waals surface area contributed by atoms with Crippen LogP contribution < -0.4 is 5.73 Å². The molecule has 0 spiro atoms. The topological polar surface area (TPSA) is 74.4 Å². The van der Waals surface area contributed by atoms with Crippen LogP contribution in [0.3, 0.4) is 0 Å². The molecule has 0 aromatic carbocycles. The van der Waals surface area contributed by atoms with E-state index in [0.717, 1.165) is 0 Å². The van der Waals surface area contributed by atoms with E-state index in [2.05, 4.69) is 9.72 Å². The van der Waals surface area contributed by atoms with E-state index < -0.39 is 5.97 Å². The van der Waals surface area contributed by atoms with E-state index in [-0.39, 0.29) is 16.5 Å². The third-order valence-electron chi connectivity index (χ3n) is 1.95. The Labute approximate surface area is 104 Å². The summed E-state index contributed by atoms with van der Waals surface area (Å²) in [7, 11) is 1.25. The minimum absolute atomic E-state index is 0.00357. The lowest BCUT2D eigenvalue weighted by Gasteiger charge is -2.06. The zero-order chi connectivity index (χ0) is 12.8. The van der Waals surface area contributed by atoms with Crippen molar-refractivity contribution in [3.05, 3.63) is 28.7 Å². The number of hydrogen-bond donors (Lipinski definition) is 1. The van der Waals surface area contributed by atoms with Crippen molar-refractivity contribution in [1.82, 2.24) is 4.98 Å². The predicted octanol–water partition coefficient (Wildman–Crippen LogP) is 2.11. The van der Waals surface area contributed by atoms with Gasteiger partial charge in [0.05, 0.1) is 25.7 Å². The molecule has 1 aromatic rings. The standard InChI is InChI=1S/C11H13ClN2O3/c1-3-17-5-4-7-6-8(12)14-10(9(7)13)11(15)16-2/h4-6H,3,13H2,1-2H3/b5-4+. The van der Waals surface area contributed by atoms with Crippen LogP contribution in [-0.4, -0.2) is 24.7 Å². The molecule has 6 heteroatoms. The molecule has 1 aromatic heterocycles. The monoisotopic (exact) mass is 256 g/mol. The van der Waals surface area contributed by atoms with Crippen molar-refractivity contribution in [2.24, 2.45) is 0 Å². The molecule has 2 N–H and O–H groups in total. The van der Waals surface area contributed by atoms with Crippen molar-refractivity contribution >= 4 is 29.3 Å². The maximum Gasteiger partial charge on any atom is 0.358 e. The number of pyridine rings is 1. The molecular formula is C11H13ClN2O3. The molecule has 0 atom stereocenters. The molecule has 0 saturated carbocycles. The van der Waals surface area contributed by atoms with Crippen molar-refractivity contribution in [3.63, 3.8) is 0 Å². The quantitative estimate of drug-likeness (QED) is 0.507. The first-order chi connectivity index (χ1) is 8.10. The van der Waals surface area contributed by atoms with E-state index in [4.69, 9.17) is 22.1 Å². The number of aromatic nitrogens is 1. The van der Waals surface area contributed by atoms with Gasteiger partial charge >= 0.3 is 5.97 Å². The average molecular weight is 257 g/mol. The zero-order valence-electron chi connectivity index (χ0n) is 9.57. The fourth-order valence-electron chi connectivity index (χ4n) is 1.15. The number of hydrogen-bond acceptors (Lipinski definition) is 5. The largest absolute Gasteiger partial charge is 0.501 e. The number of carbonyl (C=O) groups excluding carboxylic acids is 1. The van der Waals surface area contributed by atoms with Gasteiger partial charge in [0.2, 0.25) is 0 Å². The van der Waals surface area contributed by atoms with Crippen LogP contribution in [0.15, 0.2) is 12.3 Å². The maximum atomic E-state index is 11.4. The van der Waals surface area contributed by atoms with Crippen LogP contribution in [0.2, 0.25) is 5.15 Å². The summed E-state index contributed by atoms with van der Waals surface area (Å²) in [6, 6.07) is 1.54. The number of methoxy groups -OCH3 is 1. The van der Waals surface area contributed by atoms with Crippen molar-refractivity contribution in [1.29, 1.82) is 0 Å². The predicted molar refractivity (Wildman–Crippen MR) is 65.7 cm³/mol. The van der Waals surface area contributed by atoms with Gasteiger partial charge in [0.15, 0.2) is 5.69 Å². The Balaban J connectivity index is 3.14. The highest BCUT2D eigenvalue weighted by Gasteiger charge is 2.15. The van der Waals surface area contributed by atoms with Gasteiger partial charge in [0.25, 0.3) is 0 Å². The first-order valence-corrected chi connectivity index (χ1v) is 5.30. The molecule has 0 amide bonds. The fourth-order valence-corrected chi connectivity index (χ4v) is 1.35. The van der Waals surface area contributed by atoms with E-state index in [0.29, 0.717) is 12.2 Å². The maximum absolute atomic E-state index is 11.4. The summed E-state index contributed by atoms with van der Waals surface area (Å²) < 4.78 is 9.60. The van der Waals surface area contributed by atoms with Gasteiger partial charge in [-0.3, -0.25) is 0 Å². The summed E-state index contributed by atoms with van der Waals surface area (Å²) in [5.41, 5.74) is 6.54. The summed E-state index contributed by atoms with van der Waals surface area (Å²) in [4.78, 5) is 15.2. The van der Waals surface area contributed by atoms with Crippen molar-refractivity contribution in [3.8, 4) is 0 Å². The average Bonchev–Trinajstić information content (AvgIpc) is 2.32. The number of halogens is 1. The highest BCUT2D eigenvalue weighted by atomic mass is 35.5. The first-order valence-electron chi connectivity index (χ1n) is 4.92. The molecule has 0 unspecified atom stereocenters. The van der Waals surface area contributed by atoms with Gasteiger partial charge in [0.1, 0.15) is 5.15 Å². The van der Waals surface area contributed by atoms with E-state index in [1.54, 1.807) is 12.1 Å². The second-order valence-electron chi connectivity index (χ2n) is 3.05. The summed E-state index contributed by atoms with van der Waals surface area (Å²) in [5.74, 6) is -0.629. The van der Waals surface area contributed by atoms with E-state index in [1.165, 1.54) is 13.4 Å². The smallest absolute Gasteiger partial charge is 0.358 e. The molecule has 92 valence electrons. The van der Waals surface area contributed by atoms with Crippen LogP contribution in [0, 0.1) is 0 Å². The Morgan fingerprint density at radius 2 is 2.35 bits per heavy atom. The summed E-state index contributed by atoms with van der Waals surface area (Å²) in [5, 5.41) is 0.163. The fraction of sp³-hybridized carbons (Fsp3) is 0.273. The van der Waals surface area contributed by atoms with Crippen LogP contribution in [0.25, 0.3) is 6.08 Å². The van der Waals surface area contributed by atoms with Crippen LogP contribution in [0.1, 0.15) is 23.0 Å². The van der Waals surface area contributed by atoms with E-state index in [9.17, 15) is 4.79 Å². The third kappa shape index (κ3) is 3.35. The van der Waals surface area contributed by atoms with Crippen LogP contribution >= 0.6 is 11.6 Å². The third-order valence-corrected chi connectivity index (χ3v) is 2.14. The molecule has 0 saturated heterocycles. The van der Waals surface area contributed by atoms with Gasteiger partial charge in [0, 0.05) is 5.56 Å². The normalized spacial score (nSPS) is 10.5. The number of ether oxygens (including phenoxy) is 2. The van der Waals surface area contributed by atoms with Crippen molar-refractivity contribution < 1.29 is 14.3 Å². The van der Waals surface area contributed by atoms with Crippen LogP contribution in [0.5, 0.6) is 0 Å². The molecule has 1 heterocycles. The highest BCUT2D eigenvalue weighted by Crippen LogP contribution is 2.22. The van der Waals surface area contributed by atoms with Gasteiger partial charge in [-0.15, -0.1) is 0 Å². The Morgan fingerprint density at radius 3 is 2.94 bits per heavy atom. The summed E-state index contributed by atoms with van der Waals surface area (Å²) in [6.45, 7) is 2.40.